The summed E-state index contributed by atoms with van der Waals surface area (Å²) in [5, 5.41) is 8.88. The van der Waals surface area contributed by atoms with Gasteiger partial charge < -0.3 is 5.11 Å². The second-order valence-corrected chi connectivity index (χ2v) is 4.44. The molecule has 0 aromatic carbocycles. The maximum atomic E-state index is 10.7. The SMILES string of the molecule is CCC(CCCC(Cl)CCCl)C(=O)O. The molecule has 2 atom stereocenters. The number of carbonyl (C=O) groups is 1. The van der Waals surface area contributed by atoms with E-state index in [0.29, 0.717) is 12.3 Å². The van der Waals surface area contributed by atoms with E-state index in [1.165, 1.54) is 0 Å². The van der Waals surface area contributed by atoms with Gasteiger partial charge in [-0.2, -0.15) is 0 Å². The summed E-state index contributed by atoms with van der Waals surface area (Å²) in [6.07, 6.45) is 3.94. The third-order valence-electron chi connectivity index (χ3n) is 2.33. The normalized spacial score (nSPS) is 15.1. The van der Waals surface area contributed by atoms with E-state index in [0.717, 1.165) is 25.7 Å². The molecule has 0 saturated carbocycles. The van der Waals surface area contributed by atoms with Crippen LogP contribution in [0.25, 0.3) is 0 Å². The number of hydrogen-bond acceptors (Lipinski definition) is 1. The number of carboxylic acids is 1. The highest BCUT2D eigenvalue weighted by molar-refractivity contribution is 6.22. The Morgan fingerprint density at radius 2 is 2.00 bits per heavy atom. The molecule has 0 aliphatic heterocycles. The van der Waals surface area contributed by atoms with Crippen LogP contribution in [0.15, 0.2) is 0 Å². The first-order chi connectivity index (χ1) is 6.61. The van der Waals surface area contributed by atoms with Gasteiger partial charge in [-0.25, -0.2) is 0 Å². The molecule has 84 valence electrons. The summed E-state index contributed by atoms with van der Waals surface area (Å²) < 4.78 is 0. The second-order valence-electron chi connectivity index (χ2n) is 3.45. The predicted molar refractivity (Wildman–Crippen MR) is 60.2 cm³/mol. The lowest BCUT2D eigenvalue weighted by Gasteiger charge is -2.11. The smallest absolute Gasteiger partial charge is 0.306 e. The lowest BCUT2D eigenvalue weighted by molar-refractivity contribution is -0.142. The van der Waals surface area contributed by atoms with Gasteiger partial charge in [0.15, 0.2) is 0 Å². The molecule has 4 heteroatoms. The number of hydrogen-bond donors (Lipinski definition) is 1. The zero-order chi connectivity index (χ0) is 11.0. The second kappa shape index (κ2) is 8.37. The Morgan fingerprint density at radius 1 is 1.36 bits per heavy atom. The van der Waals surface area contributed by atoms with Crippen molar-refractivity contribution in [2.24, 2.45) is 5.92 Å². The lowest BCUT2D eigenvalue weighted by Crippen LogP contribution is -2.13. The third kappa shape index (κ3) is 6.50. The molecule has 0 aromatic heterocycles. The number of alkyl halides is 2. The fourth-order valence-electron chi connectivity index (χ4n) is 1.35. The monoisotopic (exact) mass is 240 g/mol. The highest BCUT2D eigenvalue weighted by Crippen LogP contribution is 2.17. The molecule has 0 saturated heterocycles. The van der Waals surface area contributed by atoms with Gasteiger partial charge >= 0.3 is 5.97 Å². The van der Waals surface area contributed by atoms with Crippen molar-refractivity contribution in [3.63, 3.8) is 0 Å². The fraction of sp³-hybridized carbons (Fsp3) is 0.900. The maximum absolute atomic E-state index is 10.7. The van der Waals surface area contributed by atoms with Crippen LogP contribution in [0, 0.1) is 5.92 Å². The summed E-state index contributed by atoms with van der Waals surface area (Å²) in [4.78, 5) is 10.7. The minimum atomic E-state index is -0.698. The molecule has 0 bridgehead atoms. The van der Waals surface area contributed by atoms with Gasteiger partial charge in [-0.05, 0) is 25.7 Å². The summed E-state index contributed by atoms with van der Waals surface area (Å²) in [6.45, 7) is 1.90. The van der Waals surface area contributed by atoms with E-state index in [9.17, 15) is 4.79 Å². The molecule has 0 aliphatic rings. The Morgan fingerprint density at radius 3 is 2.43 bits per heavy atom. The van der Waals surface area contributed by atoms with Crippen molar-refractivity contribution >= 4 is 29.2 Å². The molecule has 0 aromatic rings. The Balaban J connectivity index is 3.55. The van der Waals surface area contributed by atoms with Crippen molar-refractivity contribution in [1.82, 2.24) is 0 Å². The van der Waals surface area contributed by atoms with Crippen molar-refractivity contribution in [1.29, 1.82) is 0 Å². The van der Waals surface area contributed by atoms with Gasteiger partial charge in [0.1, 0.15) is 0 Å². The average molecular weight is 241 g/mol. The predicted octanol–water partition coefficient (Wildman–Crippen LogP) is 3.50. The first kappa shape index (κ1) is 14.1. The minimum Gasteiger partial charge on any atom is -0.481 e. The average Bonchev–Trinajstić information content (AvgIpc) is 2.12. The fourth-order valence-corrected chi connectivity index (χ4v) is 1.99. The Labute approximate surface area is 95.6 Å². The summed E-state index contributed by atoms with van der Waals surface area (Å²) in [5.41, 5.74) is 0. The molecule has 0 spiro atoms. The summed E-state index contributed by atoms with van der Waals surface area (Å²) in [5.74, 6) is -0.338. The van der Waals surface area contributed by atoms with Crippen molar-refractivity contribution in [2.75, 3.05) is 5.88 Å². The lowest BCUT2D eigenvalue weighted by atomic mass is 9.98. The van der Waals surface area contributed by atoms with Crippen LogP contribution in [0.2, 0.25) is 0 Å². The number of aliphatic carboxylic acids is 1. The van der Waals surface area contributed by atoms with Gasteiger partial charge in [-0.15, -0.1) is 23.2 Å². The summed E-state index contributed by atoms with van der Waals surface area (Å²) >= 11 is 11.5. The molecule has 2 nitrogen and oxygen atoms in total. The molecule has 0 radical (unpaired) electrons. The van der Waals surface area contributed by atoms with Gasteiger partial charge in [-0.3, -0.25) is 4.79 Å². The molecular weight excluding hydrogens is 223 g/mol. The molecule has 14 heavy (non-hydrogen) atoms. The Hall–Kier alpha value is 0.0500. The van der Waals surface area contributed by atoms with E-state index in [4.69, 9.17) is 28.3 Å². The molecule has 0 amide bonds. The summed E-state index contributed by atoms with van der Waals surface area (Å²) in [6, 6.07) is 0. The quantitative estimate of drug-likeness (QED) is 0.660. The van der Waals surface area contributed by atoms with Crippen LogP contribution in [-0.4, -0.2) is 22.3 Å². The largest absolute Gasteiger partial charge is 0.481 e. The van der Waals surface area contributed by atoms with Gasteiger partial charge in [-0.1, -0.05) is 13.3 Å². The van der Waals surface area contributed by atoms with Crippen LogP contribution in [0.5, 0.6) is 0 Å². The van der Waals surface area contributed by atoms with E-state index >= 15 is 0 Å². The van der Waals surface area contributed by atoms with Crippen LogP contribution < -0.4 is 0 Å². The maximum Gasteiger partial charge on any atom is 0.306 e. The molecule has 2 unspecified atom stereocenters. The van der Waals surface area contributed by atoms with Crippen LogP contribution in [-0.2, 0) is 4.79 Å². The molecule has 0 fully saturated rings. The molecule has 0 heterocycles. The molecule has 0 aliphatic carbocycles. The Kier molecular flexibility index (Phi) is 8.40. The highest BCUT2D eigenvalue weighted by Gasteiger charge is 2.14. The first-order valence-electron chi connectivity index (χ1n) is 5.04. The van der Waals surface area contributed by atoms with E-state index in [2.05, 4.69) is 0 Å². The van der Waals surface area contributed by atoms with Crippen molar-refractivity contribution in [2.45, 2.75) is 44.4 Å². The van der Waals surface area contributed by atoms with Gasteiger partial charge in [0.05, 0.1) is 5.92 Å². The van der Waals surface area contributed by atoms with Crippen LogP contribution >= 0.6 is 23.2 Å². The van der Waals surface area contributed by atoms with E-state index in [1.807, 2.05) is 6.92 Å². The van der Waals surface area contributed by atoms with Crippen molar-refractivity contribution in [3.05, 3.63) is 0 Å². The first-order valence-corrected chi connectivity index (χ1v) is 6.01. The van der Waals surface area contributed by atoms with Crippen LogP contribution in [0.1, 0.15) is 39.0 Å². The minimum absolute atomic E-state index is 0.0961. The van der Waals surface area contributed by atoms with E-state index in [-0.39, 0.29) is 11.3 Å². The number of carboxylic acid groups (broad SMARTS) is 1. The molecule has 0 rings (SSSR count). The van der Waals surface area contributed by atoms with Gasteiger partial charge in [0, 0.05) is 11.3 Å². The van der Waals surface area contributed by atoms with E-state index in [1.54, 1.807) is 0 Å². The summed E-state index contributed by atoms with van der Waals surface area (Å²) in [7, 11) is 0. The van der Waals surface area contributed by atoms with Crippen molar-refractivity contribution in [3.8, 4) is 0 Å². The molecule has 1 N–H and O–H groups in total. The number of rotatable bonds is 8. The standard InChI is InChI=1S/C10H18Cl2O2/c1-2-8(10(13)14)4-3-5-9(12)6-7-11/h8-9H,2-7H2,1H3,(H,13,14). The van der Waals surface area contributed by atoms with Gasteiger partial charge in [0.2, 0.25) is 0 Å². The topological polar surface area (TPSA) is 37.3 Å². The number of halogens is 2. The highest BCUT2D eigenvalue weighted by atomic mass is 35.5. The van der Waals surface area contributed by atoms with Crippen LogP contribution in [0.3, 0.4) is 0 Å². The zero-order valence-electron chi connectivity index (χ0n) is 8.51. The Bertz CT molecular complexity index is 162. The van der Waals surface area contributed by atoms with E-state index < -0.39 is 5.97 Å². The van der Waals surface area contributed by atoms with Crippen molar-refractivity contribution < 1.29 is 9.90 Å². The zero-order valence-corrected chi connectivity index (χ0v) is 10.0. The van der Waals surface area contributed by atoms with Gasteiger partial charge in [0.25, 0.3) is 0 Å². The molecular formula is C10H18Cl2O2. The third-order valence-corrected chi connectivity index (χ3v) is 2.99. The van der Waals surface area contributed by atoms with Crippen LogP contribution in [0.4, 0.5) is 0 Å².